The van der Waals surface area contributed by atoms with Gasteiger partial charge in [0.25, 0.3) is 0 Å². The molecule has 0 aromatic heterocycles. The predicted octanol–water partition coefficient (Wildman–Crippen LogP) is 5.05. The Morgan fingerprint density at radius 3 is 1.94 bits per heavy atom. The summed E-state index contributed by atoms with van der Waals surface area (Å²) in [4.78, 5) is 0. The Labute approximate surface area is 121 Å². The van der Waals surface area contributed by atoms with Crippen molar-refractivity contribution >= 4 is 25.9 Å². The number of benzene rings is 1. The van der Waals surface area contributed by atoms with Crippen LogP contribution >= 0.6 is 15.9 Å². The molecular formula is C15H24BrOS+. The highest BCUT2D eigenvalue weighted by Gasteiger charge is 2.26. The molecule has 1 aromatic carbocycles. The lowest BCUT2D eigenvalue weighted by Gasteiger charge is -2.12. The molecule has 0 aliphatic heterocycles. The van der Waals surface area contributed by atoms with E-state index in [-0.39, 0.29) is 0 Å². The smallest absolute Gasteiger partial charge is 0.105 e. The van der Waals surface area contributed by atoms with Crippen LogP contribution in [0.15, 0.2) is 28.7 Å². The monoisotopic (exact) mass is 331 g/mol. The third kappa shape index (κ3) is 5.66. The normalized spacial score (nSPS) is 11.7. The van der Waals surface area contributed by atoms with Gasteiger partial charge in [-0.15, -0.1) is 4.21 Å². The van der Waals surface area contributed by atoms with Gasteiger partial charge in [-0.3, -0.25) is 0 Å². The van der Waals surface area contributed by atoms with Crippen LogP contribution in [-0.2, 0) is 19.9 Å². The van der Waals surface area contributed by atoms with E-state index in [1.807, 2.05) is 12.1 Å². The van der Waals surface area contributed by atoms with Gasteiger partial charge in [-0.25, -0.2) is 0 Å². The molecule has 0 heterocycles. The van der Waals surface area contributed by atoms with Crippen LogP contribution in [0.5, 0.6) is 0 Å². The van der Waals surface area contributed by atoms with Crippen molar-refractivity contribution in [3.8, 4) is 0 Å². The molecule has 0 saturated carbocycles. The van der Waals surface area contributed by atoms with E-state index in [4.69, 9.17) is 0 Å². The van der Waals surface area contributed by atoms with Crippen LogP contribution in [0.4, 0.5) is 0 Å². The zero-order valence-electron chi connectivity index (χ0n) is 11.5. The Kier molecular flexibility index (Phi) is 7.16. The molecule has 3 heteroatoms. The second-order valence-corrected chi connectivity index (χ2v) is 8.80. The van der Waals surface area contributed by atoms with Gasteiger partial charge in [-0.2, -0.15) is 0 Å². The Hall–Kier alpha value is -0.150. The fourth-order valence-corrected chi connectivity index (χ4v) is 5.13. The molecule has 0 spiro atoms. The maximum absolute atomic E-state index is 12.9. The number of hydrogen-bond acceptors (Lipinski definition) is 1. The van der Waals surface area contributed by atoms with E-state index in [2.05, 4.69) is 41.9 Å². The summed E-state index contributed by atoms with van der Waals surface area (Å²) in [5, 5.41) is 0. The molecule has 102 valence electrons. The molecule has 1 aromatic rings. The van der Waals surface area contributed by atoms with Gasteiger partial charge in [-0.05, 0) is 25.0 Å². The number of halogens is 1. The first-order chi connectivity index (χ1) is 8.59. The van der Waals surface area contributed by atoms with Gasteiger partial charge in [0.2, 0.25) is 0 Å². The molecule has 0 saturated heterocycles. The van der Waals surface area contributed by atoms with Gasteiger partial charge in [0, 0.05) is 10.0 Å². The van der Waals surface area contributed by atoms with E-state index >= 15 is 0 Å². The lowest BCUT2D eigenvalue weighted by Crippen LogP contribution is -2.22. The van der Waals surface area contributed by atoms with Crippen LogP contribution in [0, 0.1) is 0 Å². The van der Waals surface area contributed by atoms with Gasteiger partial charge in [0.15, 0.2) is 0 Å². The first-order valence-corrected chi connectivity index (χ1v) is 9.67. The minimum atomic E-state index is -1.69. The zero-order valence-corrected chi connectivity index (χ0v) is 13.9. The molecule has 0 atom stereocenters. The lowest BCUT2D eigenvalue weighted by molar-refractivity contribution is 0.579. The summed E-state index contributed by atoms with van der Waals surface area (Å²) >= 11 is 3.44. The minimum absolute atomic E-state index is 0.750. The first-order valence-electron chi connectivity index (χ1n) is 6.81. The van der Waals surface area contributed by atoms with Crippen LogP contribution in [0.2, 0.25) is 0 Å². The van der Waals surface area contributed by atoms with Gasteiger partial charge in [0.05, 0.1) is 9.93 Å². The molecular weight excluding hydrogens is 308 g/mol. The molecule has 1 rings (SSSR count). The molecule has 1 nitrogen and oxygen atoms in total. The minimum Gasteiger partial charge on any atom is -0.105 e. The van der Waals surface area contributed by atoms with Crippen molar-refractivity contribution in [1.82, 2.24) is 0 Å². The number of hydrogen-bond donors (Lipinski definition) is 0. The molecule has 18 heavy (non-hydrogen) atoms. The molecule has 0 bridgehead atoms. The second-order valence-electron chi connectivity index (χ2n) is 4.85. The molecule has 0 aliphatic carbocycles. The highest BCUT2D eigenvalue weighted by molar-refractivity contribution is 9.10. The van der Waals surface area contributed by atoms with Crippen LogP contribution in [0.25, 0.3) is 0 Å². The summed E-state index contributed by atoms with van der Waals surface area (Å²) in [5.41, 5.74) is 1.20. The summed E-state index contributed by atoms with van der Waals surface area (Å²) in [6.45, 7) is 4.33. The number of rotatable bonds is 8. The van der Waals surface area contributed by atoms with Crippen LogP contribution < -0.4 is 0 Å². The maximum Gasteiger partial charge on any atom is 0.137 e. The Morgan fingerprint density at radius 1 is 1.00 bits per heavy atom. The Bertz CT molecular complexity index is 374. The highest BCUT2D eigenvalue weighted by atomic mass is 79.9. The topological polar surface area (TPSA) is 17.1 Å². The third-order valence-electron chi connectivity index (χ3n) is 3.08. The lowest BCUT2D eigenvalue weighted by atomic mass is 10.2. The van der Waals surface area contributed by atoms with E-state index in [1.165, 1.54) is 5.56 Å². The third-order valence-corrected chi connectivity index (χ3v) is 6.54. The van der Waals surface area contributed by atoms with Crippen LogP contribution in [0.3, 0.4) is 0 Å². The summed E-state index contributed by atoms with van der Waals surface area (Å²) in [6.07, 6.45) is 4.42. The molecule has 0 radical (unpaired) electrons. The van der Waals surface area contributed by atoms with E-state index in [9.17, 15) is 4.21 Å². The summed E-state index contributed by atoms with van der Waals surface area (Å²) in [6, 6.07) is 8.24. The molecule has 0 unspecified atom stereocenters. The fraction of sp³-hybridized carbons (Fsp3) is 0.600. The van der Waals surface area contributed by atoms with Gasteiger partial charge < -0.3 is 0 Å². The van der Waals surface area contributed by atoms with E-state index in [0.717, 1.165) is 47.4 Å². The standard InChI is InChI=1S/C15H24BrOS/c1-3-5-11-18(17,12-6-4-2)13-14-7-9-15(16)10-8-14/h7-10H,3-6,11-13H2,1-2H3/q+1. The summed E-state index contributed by atoms with van der Waals surface area (Å²) < 4.78 is 14.0. The van der Waals surface area contributed by atoms with E-state index in [1.54, 1.807) is 0 Å². The highest BCUT2D eigenvalue weighted by Crippen LogP contribution is 2.20. The quantitative estimate of drug-likeness (QED) is 0.609. The van der Waals surface area contributed by atoms with Crippen molar-refractivity contribution in [3.63, 3.8) is 0 Å². The maximum atomic E-state index is 12.9. The fourth-order valence-electron chi connectivity index (χ4n) is 1.95. The van der Waals surface area contributed by atoms with Gasteiger partial charge in [-0.1, -0.05) is 54.8 Å². The average Bonchev–Trinajstić information content (AvgIpc) is 2.37. The largest absolute Gasteiger partial charge is 0.137 e. The first kappa shape index (κ1) is 15.9. The average molecular weight is 332 g/mol. The number of unbranched alkanes of at least 4 members (excludes halogenated alkanes) is 2. The molecule has 0 fully saturated rings. The second kappa shape index (κ2) is 8.11. The van der Waals surface area contributed by atoms with Crippen molar-refractivity contribution in [1.29, 1.82) is 0 Å². The Morgan fingerprint density at radius 2 is 1.50 bits per heavy atom. The van der Waals surface area contributed by atoms with Gasteiger partial charge >= 0.3 is 0 Å². The summed E-state index contributed by atoms with van der Waals surface area (Å²) in [5.74, 6) is 2.53. The van der Waals surface area contributed by atoms with E-state index in [0.29, 0.717) is 0 Å². The van der Waals surface area contributed by atoms with E-state index < -0.39 is 9.93 Å². The van der Waals surface area contributed by atoms with Crippen molar-refractivity contribution < 1.29 is 4.21 Å². The summed E-state index contributed by atoms with van der Waals surface area (Å²) in [7, 11) is -1.69. The van der Waals surface area contributed by atoms with Crippen LogP contribution in [0.1, 0.15) is 45.1 Å². The molecule has 0 aliphatic rings. The van der Waals surface area contributed by atoms with Crippen molar-refractivity contribution in [2.75, 3.05) is 11.5 Å². The van der Waals surface area contributed by atoms with Crippen molar-refractivity contribution in [2.45, 2.75) is 45.3 Å². The molecule has 0 amide bonds. The van der Waals surface area contributed by atoms with Gasteiger partial charge in [0.1, 0.15) is 17.3 Å². The SMILES string of the molecule is CCCC[S+](=O)(CCCC)Cc1ccc(Br)cc1. The Balaban J connectivity index is 2.70. The van der Waals surface area contributed by atoms with Crippen LogP contribution in [-0.4, -0.2) is 11.5 Å². The molecule has 0 N–H and O–H groups in total. The van der Waals surface area contributed by atoms with Crippen molar-refractivity contribution in [2.24, 2.45) is 0 Å². The predicted molar refractivity (Wildman–Crippen MR) is 85.4 cm³/mol. The van der Waals surface area contributed by atoms with Crippen molar-refractivity contribution in [3.05, 3.63) is 34.3 Å². The zero-order chi connectivity index (χ0) is 13.4.